The van der Waals surface area contributed by atoms with Gasteiger partial charge in [0.05, 0.1) is 13.2 Å². The first-order valence-electron chi connectivity index (χ1n) is 12.4. The Morgan fingerprint density at radius 1 is 1.24 bits per heavy atom. The van der Waals surface area contributed by atoms with Crippen LogP contribution in [-0.2, 0) is 10.2 Å². The van der Waals surface area contributed by atoms with E-state index in [4.69, 9.17) is 14.2 Å². The minimum Gasteiger partial charge on any atom is -0.492 e. The quantitative estimate of drug-likeness (QED) is 0.338. The fraction of sp³-hybridized carbons (Fsp3) is 0.571. The van der Waals surface area contributed by atoms with Gasteiger partial charge in [0.1, 0.15) is 18.1 Å². The van der Waals surface area contributed by atoms with Gasteiger partial charge < -0.3 is 24.2 Å². The molecule has 1 saturated heterocycles. The third-order valence-corrected chi connectivity index (χ3v) is 6.63. The number of nitrogens with zero attached hydrogens (tertiary/aromatic N) is 1. The lowest BCUT2D eigenvalue weighted by atomic mass is 9.74. The molecule has 5 nitrogen and oxygen atoms in total. The molecule has 1 atom stereocenters. The molecule has 182 valence electrons. The Hall–Kier alpha value is -2.08. The van der Waals surface area contributed by atoms with E-state index in [1.54, 1.807) is 0 Å². The highest BCUT2D eigenvalue weighted by Crippen LogP contribution is 2.46. The summed E-state index contributed by atoms with van der Waals surface area (Å²) in [5.41, 5.74) is 2.60. The van der Waals surface area contributed by atoms with Crippen LogP contribution in [0.3, 0.4) is 0 Å². The van der Waals surface area contributed by atoms with Gasteiger partial charge in [-0.1, -0.05) is 49.8 Å². The molecule has 1 spiro atoms. The van der Waals surface area contributed by atoms with Crippen molar-refractivity contribution in [3.63, 3.8) is 0 Å². The monoisotopic (exact) mass is 455 g/mol. The van der Waals surface area contributed by atoms with Gasteiger partial charge in [0.15, 0.2) is 6.29 Å². The van der Waals surface area contributed by atoms with Crippen LogP contribution in [-0.4, -0.2) is 55.8 Å². The van der Waals surface area contributed by atoms with Crippen LogP contribution in [0.5, 0.6) is 11.5 Å². The molecule has 3 rings (SSSR count). The second-order valence-electron chi connectivity index (χ2n) is 9.25. The number of ether oxygens (including phenoxy) is 3. The Morgan fingerprint density at radius 3 is 2.82 bits per heavy atom. The maximum atomic E-state index is 9.86. The van der Waals surface area contributed by atoms with Crippen molar-refractivity contribution >= 4 is 0 Å². The summed E-state index contributed by atoms with van der Waals surface area (Å²) in [6.45, 7) is 11.0. The third-order valence-electron chi connectivity index (χ3n) is 6.63. The van der Waals surface area contributed by atoms with E-state index in [1.807, 2.05) is 37.3 Å². The fourth-order valence-electron chi connectivity index (χ4n) is 4.48. The summed E-state index contributed by atoms with van der Waals surface area (Å²) in [6.07, 6.45) is 14.5. The van der Waals surface area contributed by atoms with Gasteiger partial charge in [-0.2, -0.15) is 0 Å². The zero-order valence-corrected chi connectivity index (χ0v) is 20.6. The normalized spacial score (nSPS) is 19.3. The standard InChI is InChI=1S/C28H41NO4/c1-4-6-8-9-10-23(3)21-32-24-12-13-25-26(20-24)33-22-28(25)14-16-29(17-15-28)18-19-31-27(30)11-7-5-2/h4,6,8-10,12-13,20,27,30H,5,7,11,14-19,21-22H2,1-3H3/b6-4-,9-8-,23-10+. The first-order valence-corrected chi connectivity index (χ1v) is 12.4. The lowest BCUT2D eigenvalue weighted by Crippen LogP contribution is -2.44. The number of fused-ring (bicyclic) bond motifs is 2. The predicted octanol–water partition coefficient (Wildman–Crippen LogP) is 5.40. The Labute approximate surface area is 199 Å². The van der Waals surface area contributed by atoms with Crippen LogP contribution in [0.1, 0.15) is 58.4 Å². The second kappa shape index (κ2) is 13.0. The molecule has 0 radical (unpaired) electrons. The van der Waals surface area contributed by atoms with Gasteiger partial charge in [0, 0.05) is 23.6 Å². The summed E-state index contributed by atoms with van der Waals surface area (Å²) >= 11 is 0. The molecule has 0 aliphatic carbocycles. The van der Waals surface area contributed by atoms with E-state index in [0.29, 0.717) is 13.2 Å². The highest BCUT2D eigenvalue weighted by Gasteiger charge is 2.43. The van der Waals surface area contributed by atoms with Crippen LogP contribution in [0.25, 0.3) is 0 Å². The molecular weight excluding hydrogens is 414 g/mol. The van der Waals surface area contributed by atoms with Gasteiger partial charge in [-0.25, -0.2) is 0 Å². The van der Waals surface area contributed by atoms with Gasteiger partial charge >= 0.3 is 0 Å². The molecule has 1 aromatic rings. The Balaban J connectivity index is 1.47. The molecular formula is C28H41NO4. The molecule has 0 bridgehead atoms. The number of unbranched alkanes of at least 4 members (excludes halogenated alkanes) is 1. The number of hydrogen-bond acceptors (Lipinski definition) is 5. The van der Waals surface area contributed by atoms with Crippen LogP contribution in [0.2, 0.25) is 0 Å². The fourth-order valence-corrected chi connectivity index (χ4v) is 4.48. The number of piperidine rings is 1. The molecule has 1 aromatic carbocycles. The summed E-state index contributed by atoms with van der Waals surface area (Å²) < 4.78 is 17.7. The number of benzene rings is 1. The van der Waals surface area contributed by atoms with Gasteiger partial charge in [0.2, 0.25) is 0 Å². The van der Waals surface area contributed by atoms with Crippen LogP contribution in [0.15, 0.2) is 54.2 Å². The summed E-state index contributed by atoms with van der Waals surface area (Å²) in [4.78, 5) is 2.44. The molecule has 2 aliphatic rings. The number of hydrogen-bond donors (Lipinski definition) is 1. The molecule has 33 heavy (non-hydrogen) atoms. The number of aliphatic hydroxyl groups excluding tert-OH is 1. The third kappa shape index (κ3) is 7.46. The lowest BCUT2D eigenvalue weighted by Gasteiger charge is -2.38. The van der Waals surface area contributed by atoms with Crippen molar-refractivity contribution in [2.45, 2.75) is 64.6 Å². The van der Waals surface area contributed by atoms with E-state index in [0.717, 1.165) is 69.8 Å². The average molecular weight is 456 g/mol. The van der Waals surface area contributed by atoms with Gasteiger partial charge in [-0.15, -0.1) is 0 Å². The van der Waals surface area contributed by atoms with E-state index >= 15 is 0 Å². The van der Waals surface area contributed by atoms with Crippen molar-refractivity contribution in [2.24, 2.45) is 0 Å². The molecule has 2 aliphatic heterocycles. The Kier molecular flexibility index (Phi) is 10.0. The highest BCUT2D eigenvalue weighted by molar-refractivity contribution is 5.48. The van der Waals surface area contributed by atoms with Crippen LogP contribution in [0.4, 0.5) is 0 Å². The van der Waals surface area contributed by atoms with E-state index in [9.17, 15) is 5.11 Å². The SMILES string of the molecule is C\C=C/C=C\C=C(/C)COc1ccc2c(c1)OCC21CCN(CCOC(O)CCCC)CC1. The van der Waals surface area contributed by atoms with E-state index in [2.05, 4.69) is 37.0 Å². The van der Waals surface area contributed by atoms with Crippen LogP contribution >= 0.6 is 0 Å². The molecule has 0 amide bonds. The minimum absolute atomic E-state index is 0.110. The summed E-state index contributed by atoms with van der Waals surface area (Å²) in [5, 5.41) is 9.86. The molecule has 1 unspecified atom stereocenters. The summed E-state index contributed by atoms with van der Waals surface area (Å²) in [5.74, 6) is 1.82. The van der Waals surface area contributed by atoms with Gasteiger partial charge in [-0.3, -0.25) is 0 Å². The number of rotatable bonds is 12. The highest BCUT2D eigenvalue weighted by atomic mass is 16.6. The second-order valence-corrected chi connectivity index (χ2v) is 9.25. The average Bonchev–Trinajstić information content (AvgIpc) is 3.18. The zero-order valence-electron chi connectivity index (χ0n) is 20.6. The van der Waals surface area contributed by atoms with Crippen molar-refractivity contribution in [1.29, 1.82) is 0 Å². The van der Waals surface area contributed by atoms with E-state index in [-0.39, 0.29) is 5.41 Å². The molecule has 5 heteroatoms. The zero-order chi connectivity index (χ0) is 23.5. The topological polar surface area (TPSA) is 51.2 Å². The first kappa shape index (κ1) is 25.5. The molecule has 0 aromatic heterocycles. The number of allylic oxidation sites excluding steroid dienone is 5. The van der Waals surface area contributed by atoms with Crippen molar-refractivity contribution in [1.82, 2.24) is 4.90 Å². The van der Waals surface area contributed by atoms with E-state index < -0.39 is 6.29 Å². The minimum atomic E-state index is -0.624. The Morgan fingerprint density at radius 2 is 2.06 bits per heavy atom. The maximum Gasteiger partial charge on any atom is 0.154 e. The van der Waals surface area contributed by atoms with Crippen LogP contribution in [0, 0.1) is 0 Å². The van der Waals surface area contributed by atoms with E-state index in [1.165, 1.54) is 11.1 Å². The summed E-state index contributed by atoms with van der Waals surface area (Å²) in [7, 11) is 0. The first-order chi connectivity index (χ1) is 16.1. The van der Waals surface area contributed by atoms with Crippen molar-refractivity contribution in [3.05, 3.63) is 59.7 Å². The largest absolute Gasteiger partial charge is 0.492 e. The van der Waals surface area contributed by atoms with Crippen LogP contribution < -0.4 is 9.47 Å². The van der Waals surface area contributed by atoms with Crippen molar-refractivity contribution in [3.8, 4) is 11.5 Å². The molecule has 1 fully saturated rings. The molecule has 2 heterocycles. The summed E-state index contributed by atoms with van der Waals surface area (Å²) in [6, 6.07) is 6.33. The van der Waals surface area contributed by atoms with Gasteiger partial charge in [-0.05, 0) is 64.3 Å². The Bertz CT molecular complexity index is 821. The molecule has 1 N–H and O–H groups in total. The lowest BCUT2D eigenvalue weighted by molar-refractivity contribution is -0.108. The number of likely N-dealkylation sites (tertiary alicyclic amines) is 1. The predicted molar refractivity (Wildman–Crippen MR) is 134 cm³/mol. The van der Waals surface area contributed by atoms with Gasteiger partial charge in [0.25, 0.3) is 0 Å². The molecule has 0 saturated carbocycles. The van der Waals surface area contributed by atoms with Crippen molar-refractivity contribution < 1.29 is 19.3 Å². The van der Waals surface area contributed by atoms with Crippen molar-refractivity contribution in [2.75, 3.05) is 39.5 Å². The number of aliphatic hydroxyl groups is 1. The smallest absolute Gasteiger partial charge is 0.154 e. The maximum absolute atomic E-state index is 9.86.